The normalized spacial score (nSPS) is 11.6. The summed E-state index contributed by atoms with van der Waals surface area (Å²) in [5, 5.41) is 7.30. The van der Waals surface area contributed by atoms with Crippen LogP contribution in [0.15, 0.2) is 77.3 Å². The summed E-state index contributed by atoms with van der Waals surface area (Å²) in [4.78, 5) is 16.9. The smallest absolute Gasteiger partial charge is 0.265 e. The largest absolute Gasteiger partial charge is 0.497 e. The van der Waals surface area contributed by atoms with Crippen molar-refractivity contribution >= 4 is 23.2 Å². The predicted octanol–water partition coefficient (Wildman–Crippen LogP) is 5.47. The Balaban J connectivity index is 1.40. The van der Waals surface area contributed by atoms with Gasteiger partial charge < -0.3 is 19.3 Å². The number of rotatable bonds is 7. The number of hydrogen-bond donors (Lipinski definition) is 1. The molecule has 8 heteroatoms. The molecule has 1 atom stereocenters. The molecule has 7 nitrogen and oxygen atoms in total. The van der Waals surface area contributed by atoms with Gasteiger partial charge in [0.05, 0.1) is 12.1 Å². The molecule has 0 radical (unpaired) electrons. The van der Waals surface area contributed by atoms with Crippen molar-refractivity contribution in [1.82, 2.24) is 10.1 Å². The fraction of sp³-hybridized carbons (Fsp3) is 0.125. The standard InChI is InChI=1S/C24H20ClN3O4/c1-15(31-21-6-4-3-5-20(21)25)23(29)26-18-11-7-17(8-12-18)24-27-22(28-32-24)16-9-13-19(30-2)14-10-16/h3-15H,1-2H3,(H,26,29). The maximum Gasteiger partial charge on any atom is 0.265 e. The van der Waals surface area contributed by atoms with Gasteiger partial charge in [0.15, 0.2) is 6.10 Å². The van der Waals surface area contributed by atoms with Crippen molar-refractivity contribution in [3.8, 4) is 34.3 Å². The summed E-state index contributed by atoms with van der Waals surface area (Å²) in [5.74, 6) is 1.77. The van der Waals surface area contributed by atoms with Gasteiger partial charge in [-0.3, -0.25) is 4.79 Å². The van der Waals surface area contributed by atoms with Crippen LogP contribution in [-0.4, -0.2) is 29.3 Å². The van der Waals surface area contributed by atoms with Crippen LogP contribution in [0.2, 0.25) is 5.02 Å². The number of aromatic nitrogens is 2. The predicted molar refractivity (Wildman–Crippen MR) is 122 cm³/mol. The fourth-order valence-electron chi connectivity index (χ4n) is 2.92. The highest BCUT2D eigenvalue weighted by Gasteiger charge is 2.17. The van der Waals surface area contributed by atoms with E-state index in [1.54, 1.807) is 62.6 Å². The van der Waals surface area contributed by atoms with Gasteiger partial charge in [0, 0.05) is 16.8 Å². The van der Waals surface area contributed by atoms with Crippen molar-refractivity contribution in [3.05, 3.63) is 77.8 Å². The van der Waals surface area contributed by atoms with Crippen molar-refractivity contribution < 1.29 is 18.8 Å². The van der Waals surface area contributed by atoms with E-state index in [-0.39, 0.29) is 5.91 Å². The number of para-hydroxylation sites is 1. The highest BCUT2D eigenvalue weighted by Crippen LogP contribution is 2.26. The third-order valence-electron chi connectivity index (χ3n) is 4.68. The number of anilines is 1. The monoisotopic (exact) mass is 449 g/mol. The molecular formula is C24H20ClN3O4. The minimum Gasteiger partial charge on any atom is -0.497 e. The number of amides is 1. The van der Waals surface area contributed by atoms with E-state index < -0.39 is 6.10 Å². The molecule has 0 saturated carbocycles. The number of carbonyl (C=O) groups is 1. The van der Waals surface area contributed by atoms with Crippen LogP contribution in [0.25, 0.3) is 22.8 Å². The highest BCUT2D eigenvalue weighted by atomic mass is 35.5. The lowest BCUT2D eigenvalue weighted by Gasteiger charge is -2.15. The first-order valence-electron chi connectivity index (χ1n) is 9.84. The fourth-order valence-corrected chi connectivity index (χ4v) is 3.10. The molecule has 1 aromatic heterocycles. The maximum atomic E-state index is 12.5. The molecule has 1 N–H and O–H groups in total. The molecule has 3 aromatic carbocycles. The van der Waals surface area contributed by atoms with Gasteiger partial charge in [-0.1, -0.05) is 28.9 Å². The Morgan fingerprint density at radius 1 is 1.00 bits per heavy atom. The number of nitrogens with one attached hydrogen (secondary N) is 1. The summed E-state index contributed by atoms with van der Waals surface area (Å²) in [6.07, 6.45) is -0.724. The molecule has 0 saturated heterocycles. The van der Waals surface area contributed by atoms with E-state index >= 15 is 0 Å². The van der Waals surface area contributed by atoms with Crippen molar-refractivity contribution in [2.75, 3.05) is 12.4 Å². The molecule has 0 aliphatic rings. The average molecular weight is 450 g/mol. The highest BCUT2D eigenvalue weighted by molar-refractivity contribution is 6.32. The van der Waals surface area contributed by atoms with Crippen LogP contribution < -0.4 is 14.8 Å². The van der Waals surface area contributed by atoms with E-state index in [0.717, 1.165) is 16.9 Å². The van der Waals surface area contributed by atoms with Gasteiger partial charge >= 0.3 is 0 Å². The summed E-state index contributed by atoms with van der Waals surface area (Å²) >= 11 is 6.08. The van der Waals surface area contributed by atoms with Crippen molar-refractivity contribution in [2.24, 2.45) is 0 Å². The summed E-state index contributed by atoms with van der Waals surface area (Å²) in [7, 11) is 1.61. The molecular weight excluding hydrogens is 430 g/mol. The minimum absolute atomic E-state index is 0.294. The Morgan fingerprint density at radius 2 is 1.69 bits per heavy atom. The average Bonchev–Trinajstić information content (AvgIpc) is 3.31. The van der Waals surface area contributed by atoms with Crippen LogP contribution >= 0.6 is 11.6 Å². The maximum absolute atomic E-state index is 12.5. The second-order valence-electron chi connectivity index (χ2n) is 6.91. The summed E-state index contributed by atoms with van der Waals surface area (Å²) < 4.78 is 16.2. The van der Waals surface area contributed by atoms with Gasteiger partial charge in [-0.05, 0) is 67.6 Å². The molecule has 4 aromatic rings. The number of benzene rings is 3. The van der Waals surface area contributed by atoms with E-state index in [2.05, 4.69) is 15.5 Å². The van der Waals surface area contributed by atoms with Crippen molar-refractivity contribution in [1.29, 1.82) is 0 Å². The molecule has 1 heterocycles. The Hall–Kier alpha value is -3.84. The van der Waals surface area contributed by atoms with Crippen LogP contribution in [-0.2, 0) is 4.79 Å². The van der Waals surface area contributed by atoms with Crippen LogP contribution in [0.3, 0.4) is 0 Å². The zero-order chi connectivity index (χ0) is 22.5. The van der Waals surface area contributed by atoms with Crippen LogP contribution in [0, 0.1) is 0 Å². The number of hydrogen-bond acceptors (Lipinski definition) is 6. The van der Waals surface area contributed by atoms with E-state index in [4.69, 9.17) is 25.6 Å². The first kappa shape index (κ1) is 21.4. The molecule has 4 rings (SSSR count). The molecule has 0 aliphatic carbocycles. The van der Waals surface area contributed by atoms with Gasteiger partial charge in [-0.15, -0.1) is 0 Å². The SMILES string of the molecule is COc1ccc(-c2noc(-c3ccc(NC(=O)C(C)Oc4ccccc4Cl)cc3)n2)cc1. The second kappa shape index (κ2) is 9.53. The van der Waals surface area contributed by atoms with E-state index in [9.17, 15) is 4.79 Å². The number of nitrogens with zero attached hydrogens (tertiary/aromatic N) is 2. The first-order valence-corrected chi connectivity index (χ1v) is 10.2. The number of ether oxygens (including phenoxy) is 2. The quantitative estimate of drug-likeness (QED) is 0.402. The molecule has 1 unspecified atom stereocenters. The van der Waals surface area contributed by atoms with Gasteiger partial charge in [-0.25, -0.2) is 0 Å². The number of methoxy groups -OCH3 is 1. The first-order chi connectivity index (χ1) is 15.5. The second-order valence-corrected chi connectivity index (χ2v) is 7.32. The van der Waals surface area contributed by atoms with Crippen LogP contribution in [0.5, 0.6) is 11.5 Å². The van der Waals surface area contributed by atoms with Gasteiger partial charge in [0.25, 0.3) is 11.8 Å². The molecule has 0 bridgehead atoms. The third kappa shape index (κ3) is 4.90. The Morgan fingerprint density at radius 3 is 2.38 bits per heavy atom. The van der Waals surface area contributed by atoms with E-state index in [1.165, 1.54) is 0 Å². The van der Waals surface area contributed by atoms with E-state index in [1.807, 2.05) is 24.3 Å². The summed E-state index contributed by atoms with van der Waals surface area (Å²) in [5.41, 5.74) is 2.16. The Kier molecular flexibility index (Phi) is 6.37. The third-order valence-corrected chi connectivity index (χ3v) is 5.00. The minimum atomic E-state index is -0.724. The number of carbonyl (C=O) groups excluding carboxylic acids is 1. The topological polar surface area (TPSA) is 86.5 Å². The Bertz CT molecular complexity index is 1210. The summed E-state index contributed by atoms with van der Waals surface area (Å²) in [6, 6.07) is 21.5. The lowest BCUT2D eigenvalue weighted by Crippen LogP contribution is -2.30. The lowest BCUT2D eigenvalue weighted by atomic mass is 10.2. The van der Waals surface area contributed by atoms with Crippen LogP contribution in [0.4, 0.5) is 5.69 Å². The molecule has 32 heavy (non-hydrogen) atoms. The molecule has 162 valence electrons. The van der Waals surface area contributed by atoms with Crippen molar-refractivity contribution in [3.63, 3.8) is 0 Å². The van der Waals surface area contributed by atoms with Crippen molar-refractivity contribution in [2.45, 2.75) is 13.0 Å². The van der Waals surface area contributed by atoms with Gasteiger partial charge in [-0.2, -0.15) is 4.98 Å². The zero-order valence-corrected chi connectivity index (χ0v) is 18.2. The van der Waals surface area contributed by atoms with E-state index in [0.29, 0.717) is 28.2 Å². The van der Waals surface area contributed by atoms with Gasteiger partial charge in [0.2, 0.25) is 5.82 Å². The summed E-state index contributed by atoms with van der Waals surface area (Å²) in [6.45, 7) is 1.66. The van der Waals surface area contributed by atoms with Gasteiger partial charge in [0.1, 0.15) is 11.5 Å². The Labute approximate surface area is 189 Å². The molecule has 1 amide bonds. The molecule has 0 aliphatic heterocycles. The lowest BCUT2D eigenvalue weighted by molar-refractivity contribution is -0.122. The molecule has 0 spiro atoms. The molecule has 0 fully saturated rings. The zero-order valence-electron chi connectivity index (χ0n) is 17.4. The number of halogens is 1. The van der Waals surface area contributed by atoms with Crippen LogP contribution in [0.1, 0.15) is 6.92 Å².